The average molecular weight is 432 g/mol. The van der Waals surface area contributed by atoms with Crippen LogP contribution < -0.4 is 11.1 Å². The molecule has 2 aromatic rings. The molecule has 0 saturated carbocycles. The maximum absolute atomic E-state index is 13.2. The van der Waals surface area contributed by atoms with Crippen LogP contribution in [-0.4, -0.2) is 59.7 Å². The summed E-state index contributed by atoms with van der Waals surface area (Å²) in [7, 11) is 0. The van der Waals surface area contributed by atoms with Crippen LogP contribution in [0.4, 0.5) is 18.9 Å². The van der Waals surface area contributed by atoms with Crippen molar-refractivity contribution in [3.63, 3.8) is 0 Å². The second-order valence-corrected chi connectivity index (χ2v) is 7.39. The minimum Gasteiger partial charge on any atom is -0.337 e. The van der Waals surface area contributed by atoms with E-state index in [1.165, 1.54) is 34.1 Å². The van der Waals surface area contributed by atoms with Crippen molar-refractivity contribution in [2.24, 2.45) is 5.73 Å². The van der Waals surface area contributed by atoms with Crippen molar-refractivity contribution in [3.05, 3.63) is 53.6 Å². The lowest BCUT2D eigenvalue weighted by Crippen LogP contribution is -2.60. The number of piperazine rings is 1. The van der Waals surface area contributed by atoms with Crippen molar-refractivity contribution in [2.75, 3.05) is 31.5 Å². The fourth-order valence-electron chi connectivity index (χ4n) is 3.86. The van der Waals surface area contributed by atoms with Gasteiger partial charge in [0.2, 0.25) is 11.8 Å². The van der Waals surface area contributed by atoms with Crippen molar-refractivity contribution in [3.8, 4) is 11.1 Å². The highest BCUT2D eigenvalue weighted by Crippen LogP contribution is 2.34. The SMILES string of the molecule is NCC(=O)N1CCN2C(=O)c3cc(-c4cccc(C(F)(F)F)c4)ccc3NC(=O)[C@@H]2C1. The number of hydrogen-bond acceptors (Lipinski definition) is 4. The maximum atomic E-state index is 13.2. The fourth-order valence-corrected chi connectivity index (χ4v) is 3.86. The Kier molecular flexibility index (Phi) is 5.18. The van der Waals surface area contributed by atoms with Crippen LogP contribution >= 0.6 is 0 Å². The summed E-state index contributed by atoms with van der Waals surface area (Å²) in [5.74, 6) is -1.17. The lowest BCUT2D eigenvalue weighted by Gasteiger charge is -2.39. The zero-order valence-corrected chi connectivity index (χ0v) is 16.3. The number of rotatable bonds is 2. The van der Waals surface area contributed by atoms with E-state index in [9.17, 15) is 27.6 Å². The Bertz CT molecular complexity index is 1070. The van der Waals surface area contributed by atoms with E-state index in [1.54, 1.807) is 6.07 Å². The van der Waals surface area contributed by atoms with Gasteiger partial charge >= 0.3 is 6.18 Å². The van der Waals surface area contributed by atoms with Crippen LogP contribution in [0.1, 0.15) is 15.9 Å². The van der Waals surface area contributed by atoms with Crippen LogP contribution in [0.2, 0.25) is 0 Å². The summed E-state index contributed by atoms with van der Waals surface area (Å²) in [5.41, 5.74) is 5.79. The molecular weight excluding hydrogens is 413 g/mol. The first-order valence-corrected chi connectivity index (χ1v) is 9.60. The van der Waals surface area contributed by atoms with Crippen molar-refractivity contribution in [1.82, 2.24) is 9.80 Å². The molecule has 1 atom stereocenters. The lowest BCUT2D eigenvalue weighted by molar-refractivity contribution is -0.137. The van der Waals surface area contributed by atoms with Crippen molar-refractivity contribution >= 4 is 23.4 Å². The number of amides is 3. The highest BCUT2D eigenvalue weighted by atomic mass is 19.4. The highest BCUT2D eigenvalue weighted by Gasteiger charge is 2.40. The Morgan fingerprint density at radius 2 is 1.84 bits per heavy atom. The number of halogens is 3. The van der Waals surface area contributed by atoms with Gasteiger partial charge in [0.05, 0.1) is 29.9 Å². The maximum Gasteiger partial charge on any atom is 0.416 e. The second-order valence-electron chi connectivity index (χ2n) is 7.39. The molecule has 2 aliphatic heterocycles. The molecule has 7 nitrogen and oxygen atoms in total. The molecular formula is C21H19F3N4O3. The Labute approximate surface area is 175 Å². The molecule has 0 aromatic heterocycles. The monoisotopic (exact) mass is 432 g/mol. The minimum atomic E-state index is -4.49. The number of anilines is 1. The quantitative estimate of drug-likeness (QED) is 0.758. The van der Waals surface area contributed by atoms with Crippen LogP contribution in [-0.2, 0) is 15.8 Å². The van der Waals surface area contributed by atoms with Gasteiger partial charge in [-0.15, -0.1) is 0 Å². The molecule has 162 valence electrons. The van der Waals surface area contributed by atoms with Gasteiger partial charge in [0.1, 0.15) is 6.04 Å². The Hall–Kier alpha value is -3.40. The van der Waals surface area contributed by atoms with Crippen LogP contribution in [0, 0.1) is 0 Å². The van der Waals surface area contributed by atoms with Crippen molar-refractivity contribution in [2.45, 2.75) is 12.2 Å². The summed E-state index contributed by atoms with van der Waals surface area (Å²) in [6.07, 6.45) is -4.49. The zero-order valence-electron chi connectivity index (χ0n) is 16.3. The zero-order chi connectivity index (χ0) is 22.3. The third-order valence-corrected chi connectivity index (χ3v) is 5.50. The Morgan fingerprint density at radius 3 is 2.55 bits per heavy atom. The van der Waals surface area contributed by atoms with Gasteiger partial charge in [0, 0.05) is 13.1 Å². The third kappa shape index (κ3) is 3.86. The van der Waals surface area contributed by atoms with E-state index in [0.717, 1.165) is 12.1 Å². The van der Waals surface area contributed by atoms with Gasteiger partial charge in [-0.05, 0) is 35.4 Å². The third-order valence-electron chi connectivity index (χ3n) is 5.50. The van der Waals surface area contributed by atoms with Crippen molar-refractivity contribution in [1.29, 1.82) is 0 Å². The summed E-state index contributed by atoms with van der Waals surface area (Å²) in [5, 5.41) is 2.69. The van der Waals surface area contributed by atoms with E-state index < -0.39 is 29.6 Å². The summed E-state index contributed by atoms with van der Waals surface area (Å²) in [4.78, 5) is 40.7. The van der Waals surface area contributed by atoms with E-state index in [4.69, 9.17) is 5.73 Å². The molecule has 2 aromatic carbocycles. The first-order chi connectivity index (χ1) is 14.7. The Balaban J connectivity index is 1.69. The number of nitrogens with zero attached hydrogens (tertiary/aromatic N) is 2. The van der Waals surface area contributed by atoms with E-state index in [-0.39, 0.29) is 43.3 Å². The van der Waals surface area contributed by atoms with Gasteiger partial charge in [-0.25, -0.2) is 0 Å². The van der Waals surface area contributed by atoms with Crippen LogP contribution in [0.25, 0.3) is 11.1 Å². The molecule has 0 spiro atoms. The molecule has 1 saturated heterocycles. The fraction of sp³-hybridized carbons (Fsp3) is 0.286. The van der Waals surface area contributed by atoms with Crippen LogP contribution in [0.5, 0.6) is 0 Å². The van der Waals surface area contributed by atoms with Gasteiger partial charge < -0.3 is 20.9 Å². The van der Waals surface area contributed by atoms with E-state index in [2.05, 4.69) is 5.32 Å². The molecule has 31 heavy (non-hydrogen) atoms. The molecule has 2 heterocycles. The molecule has 3 N–H and O–H groups in total. The molecule has 10 heteroatoms. The molecule has 4 rings (SSSR count). The number of nitrogens with two attached hydrogens (primary N) is 1. The van der Waals surface area contributed by atoms with Gasteiger partial charge in [0.25, 0.3) is 5.91 Å². The largest absolute Gasteiger partial charge is 0.416 e. The molecule has 0 radical (unpaired) electrons. The van der Waals surface area contributed by atoms with Gasteiger partial charge in [0.15, 0.2) is 0 Å². The van der Waals surface area contributed by atoms with Gasteiger partial charge in [-0.3, -0.25) is 14.4 Å². The summed E-state index contributed by atoms with van der Waals surface area (Å²) in [6.45, 7) is 0.231. The first-order valence-electron chi connectivity index (χ1n) is 9.60. The molecule has 3 amide bonds. The molecule has 2 aliphatic rings. The number of nitrogens with one attached hydrogen (secondary N) is 1. The minimum absolute atomic E-state index is 0.0298. The average Bonchev–Trinajstić information content (AvgIpc) is 2.86. The number of alkyl halides is 3. The highest BCUT2D eigenvalue weighted by molar-refractivity contribution is 6.10. The summed E-state index contributed by atoms with van der Waals surface area (Å²) < 4.78 is 39.2. The van der Waals surface area contributed by atoms with Gasteiger partial charge in [-0.1, -0.05) is 18.2 Å². The molecule has 0 bridgehead atoms. The smallest absolute Gasteiger partial charge is 0.337 e. The summed E-state index contributed by atoms with van der Waals surface area (Å²) in [6, 6.07) is 8.48. The molecule has 1 fully saturated rings. The molecule has 0 unspecified atom stereocenters. The lowest BCUT2D eigenvalue weighted by atomic mass is 9.99. The standard InChI is InChI=1S/C21H19F3N4O3/c22-21(23,24)14-3-1-2-12(8-14)13-4-5-16-15(9-13)20(31)28-7-6-27(18(29)10-25)11-17(28)19(30)26-16/h1-5,8-9,17H,6-7,10-11,25H2,(H,26,30)/t17-/m0/s1. The van der Waals surface area contributed by atoms with E-state index >= 15 is 0 Å². The number of benzene rings is 2. The summed E-state index contributed by atoms with van der Waals surface area (Å²) >= 11 is 0. The van der Waals surface area contributed by atoms with E-state index in [1.807, 2.05) is 0 Å². The first kappa shape index (κ1) is 20.9. The number of carbonyl (C=O) groups is 3. The van der Waals surface area contributed by atoms with Crippen LogP contribution in [0.15, 0.2) is 42.5 Å². The Morgan fingerprint density at radius 1 is 1.10 bits per heavy atom. The van der Waals surface area contributed by atoms with Gasteiger partial charge in [-0.2, -0.15) is 13.2 Å². The predicted molar refractivity (Wildman–Crippen MR) is 106 cm³/mol. The predicted octanol–water partition coefficient (Wildman–Crippen LogP) is 1.94. The van der Waals surface area contributed by atoms with Crippen molar-refractivity contribution < 1.29 is 27.6 Å². The van der Waals surface area contributed by atoms with Crippen LogP contribution in [0.3, 0.4) is 0 Å². The molecule has 0 aliphatic carbocycles. The topological polar surface area (TPSA) is 95.7 Å². The number of fused-ring (bicyclic) bond motifs is 2. The number of carbonyl (C=O) groups excluding carboxylic acids is 3. The normalized spacial score (nSPS) is 18.8. The van der Waals surface area contributed by atoms with E-state index in [0.29, 0.717) is 11.1 Å². The second kappa shape index (κ2) is 7.69. The number of hydrogen-bond donors (Lipinski definition) is 2.